The van der Waals surface area contributed by atoms with Crippen molar-refractivity contribution in [3.05, 3.63) is 11.6 Å². The van der Waals surface area contributed by atoms with E-state index < -0.39 is 17.7 Å². The van der Waals surface area contributed by atoms with Crippen LogP contribution in [0.4, 0.5) is 0 Å². The lowest BCUT2D eigenvalue weighted by Crippen LogP contribution is -2.35. The third-order valence-electron chi connectivity index (χ3n) is 3.30. The molecule has 0 aliphatic carbocycles. The fourth-order valence-corrected chi connectivity index (χ4v) is 1.83. The van der Waals surface area contributed by atoms with Crippen molar-refractivity contribution in [3.8, 4) is 0 Å². The van der Waals surface area contributed by atoms with Crippen LogP contribution in [0.15, 0.2) is 11.6 Å². The van der Waals surface area contributed by atoms with Crippen LogP contribution in [-0.2, 0) is 4.79 Å². The van der Waals surface area contributed by atoms with Gasteiger partial charge in [-0.2, -0.15) is 0 Å². The molecule has 0 fully saturated rings. The highest BCUT2D eigenvalue weighted by Crippen LogP contribution is 2.18. The number of allylic oxidation sites excluding steroid dienone is 2. The van der Waals surface area contributed by atoms with Crippen molar-refractivity contribution in [2.45, 2.75) is 71.5 Å². The molecular weight excluding hydrogens is 244 g/mol. The SMILES string of the molecule is C/C(=C\CCC(C)CC(=O)O)CCC(O)C(C)(C)O. The van der Waals surface area contributed by atoms with Crippen molar-refractivity contribution < 1.29 is 20.1 Å². The van der Waals surface area contributed by atoms with Crippen molar-refractivity contribution in [1.29, 1.82) is 0 Å². The van der Waals surface area contributed by atoms with Crippen LogP contribution < -0.4 is 0 Å². The monoisotopic (exact) mass is 272 g/mol. The van der Waals surface area contributed by atoms with Gasteiger partial charge in [0.25, 0.3) is 0 Å². The van der Waals surface area contributed by atoms with Crippen LogP contribution in [0, 0.1) is 5.92 Å². The third-order valence-corrected chi connectivity index (χ3v) is 3.30. The maximum Gasteiger partial charge on any atom is 0.303 e. The Morgan fingerprint density at radius 1 is 1.32 bits per heavy atom. The molecule has 4 nitrogen and oxygen atoms in total. The number of aliphatic hydroxyl groups excluding tert-OH is 1. The van der Waals surface area contributed by atoms with Gasteiger partial charge in [0.05, 0.1) is 11.7 Å². The van der Waals surface area contributed by atoms with Crippen LogP contribution in [0.25, 0.3) is 0 Å². The normalized spacial score (nSPS) is 16.2. The van der Waals surface area contributed by atoms with E-state index in [1.165, 1.54) is 5.57 Å². The minimum Gasteiger partial charge on any atom is -0.481 e. The van der Waals surface area contributed by atoms with Gasteiger partial charge in [-0.05, 0) is 52.4 Å². The average Bonchev–Trinajstić information content (AvgIpc) is 2.23. The summed E-state index contributed by atoms with van der Waals surface area (Å²) in [6.07, 6.45) is 4.59. The number of rotatable bonds is 9. The van der Waals surface area contributed by atoms with Crippen LogP contribution in [0.5, 0.6) is 0 Å². The van der Waals surface area contributed by atoms with Gasteiger partial charge in [0, 0.05) is 6.42 Å². The molecule has 3 N–H and O–H groups in total. The quantitative estimate of drug-likeness (QED) is 0.564. The van der Waals surface area contributed by atoms with Crippen LogP contribution in [-0.4, -0.2) is 33.0 Å². The Kier molecular flexibility index (Phi) is 7.95. The average molecular weight is 272 g/mol. The van der Waals surface area contributed by atoms with E-state index in [-0.39, 0.29) is 12.3 Å². The second kappa shape index (κ2) is 8.33. The molecule has 0 saturated heterocycles. The molecule has 0 amide bonds. The predicted molar refractivity (Wildman–Crippen MR) is 75.9 cm³/mol. The first-order valence-electron chi connectivity index (χ1n) is 6.90. The third kappa shape index (κ3) is 9.68. The van der Waals surface area contributed by atoms with Gasteiger partial charge >= 0.3 is 5.97 Å². The van der Waals surface area contributed by atoms with Crippen molar-refractivity contribution in [3.63, 3.8) is 0 Å². The molecule has 4 heteroatoms. The summed E-state index contributed by atoms with van der Waals surface area (Å²) in [5, 5.41) is 28.0. The largest absolute Gasteiger partial charge is 0.481 e. The molecule has 0 bridgehead atoms. The molecule has 0 saturated carbocycles. The fourth-order valence-electron chi connectivity index (χ4n) is 1.83. The molecule has 19 heavy (non-hydrogen) atoms. The Morgan fingerprint density at radius 3 is 2.37 bits per heavy atom. The van der Waals surface area contributed by atoms with E-state index in [2.05, 4.69) is 6.08 Å². The lowest BCUT2D eigenvalue weighted by molar-refractivity contribution is -0.138. The van der Waals surface area contributed by atoms with Gasteiger partial charge in [-0.25, -0.2) is 0 Å². The van der Waals surface area contributed by atoms with Crippen LogP contribution in [0.1, 0.15) is 59.8 Å². The highest BCUT2D eigenvalue weighted by molar-refractivity contribution is 5.66. The summed E-state index contributed by atoms with van der Waals surface area (Å²) in [4.78, 5) is 10.5. The van der Waals surface area contributed by atoms with Crippen molar-refractivity contribution in [1.82, 2.24) is 0 Å². The van der Waals surface area contributed by atoms with Gasteiger partial charge in [0.1, 0.15) is 0 Å². The zero-order valence-electron chi connectivity index (χ0n) is 12.5. The lowest BCUT2D eigenvalue weighted by atomic mass is 9.95. The van der Waals surface area contributed by atoms with E-state index in [1.54, 1.807) is 13.8 Å². The molecule has 0 aliphatic heterocycles. The molecule has 0 aliphatic rings. The van der Waals surface area contributed by atoms with Crippen LogP contribution in [0.3, 0.4) is 0 Å². The molecule has 0 heterocycles. The van der Waals surface area contributed by atoms with Gasteiger partial charge in [-0.15, -0.1) is 0 Å². The minimum absolute atomic E-state index is 0.184. The maximum atomic E-state index is 10.5. The van der Waals surface area contributed by atoms with E-state index in [4.69, 9.17) is 5.11 Å². The lowest BCUT2D eigenvalue weighted by Gasteiger charge is -2.24. The topological polar surface area (TPSA) is 77.8 Å². The van der Waals surface area contributed by atoms with Crippen molar-refractivity contribution >= 4 is 5.97 Å². The van der Waals surface area contributed by atoms with Gasteiger partial charge in [0.15, 0.2) is 0 Å². The second-order valence-electron chi connectivity index (χ2n) is 6.04. The highest BCUT2D eigenvalue weighted by atomic mass is 16.4. The smallest absolute Gasteiger partial charge is 0.303 e. The van der Waals surface area contributed by atoms with Crippen molar-refractivity contribution in [2.24, 2.45) is 5.92 Å². The Balaban J connectivity index is 3.92. The summed E-state index contributed by atoms with van der Waals surface area (Å²) in [6, 6.07) is 0. The zero-order chi connectivity index (χ0) is 15.1. The molecule has 0 aromatic heterocycles. The predicted octanol–water partition coefficient (Wildman–Crippen LogP) is 2.74. The van der Waals surface area contributed by atoms with E-state index in [1.807, 2.05) is 13.8 Å². The standard InChI is InChI=1S/C15H28O4/c1-11(8-9-13(16)15(3,4)19)6-5-7-12(2)10-14(17)18/h6,12-13,16,19H,5,7-10H2,1-4H3,(H,17,18)/b11-6+. The number of aliphatic hydroxyl groups is 2. The number of carboxylic acids is 1. The van der Waals surface area contributed by atoms with Gasteiger partial charge in [0.2, 0.25) is 0 Å². The van der Waals surface area contributed by atoms with E-state index in [0.717, 1.165) is 19.3 Å². The highest BCUT2D eigenvalue weighted by Gasteiger charge is 2.23. The molecule has 112 valence electrons. The molecule has 2 atom stereocenters. The first kappa shape index (κ1) is 18.1. The molecule has 0 rings (SSSR count). The Bertz CT molecular complexity index is 302. The van der Waals surface area contributed by atoms with Crippen LogP contribution >= 0.6 is 0 Å². The Hall–Kier alpha value is -0.870. The number of aliphatic carboxylic acids is 1. The van der Waals surface area contributed by atoms with Gasteiger partial charge in [-0.3, -0.25) is 4.79 Å². The zero-order valence-corrected chi connectivity index (χ0v) is 12.5. The Labute approximate surface area is 116 Å². The molecular formula is C15H28O4. The van der Waals surface area contributed by atoms with Gasteiger partial charge in [-0.1, -0.05) is 18.6 Å². The van der Waals surface area contributed by atoms with Crippen LogP contribution in [0.2, 0.25) is 0 Å². The van der Waals surface area contributed by atoms with E-state index >= 15 is 0 Å². The number of hydrogen-bond donors (Lipinski definition) is 3. The first-order chi connectivity index (χ1) is 8.62. The summed E-state index contributed by atoms with van der Waals surface area (Å²) in [5.41, 5.74) is 0.113. The number of carboxylic acid groups (broad SMARTS) is 1. The summed E-state index contributed by atoms with van der Waals surface area (Å²) >= 11 is 0. The summed E-state index contributed by atoms with van der Waals surface area (Å²) < 4.78 is 0. The molecule has 0 radical (unpaired) electrons. The molecule has 0 aromatic carbocycles. The molecule has 0 aromatic rings. The summed E-state index contributed by atoms with van der Waals surface area (Å²) in [6.45, 7) is 7.14. The minimum atomic E-state index is -1.06. The molecule has 0 spiro atoms. The summed E-state index contributed by atoms with van der Waals surface area (Å²) in [7, 11) is 0. The number of hydrogen-bond acceptors (Lipinski definition) is 3. The van der Waals surface area contributed by atoms with E-state index in [0.29, 0.717) is 6.42 Å². The Morgan fingerprint density at radius 2 is 1.89 bits per heavy atom. The second-order valence-corrected chi connectivity index (χ2v) is 6.04. The van der Waals surface area contributed by atoms with E-state index in [9.17, 15) is 15.0 Å². The van der Waals surface area contributed by atoms with Crippen molar-refractivity contribution in [2.75, 3.05) is 0 Å². The summed E-state index contributed by atoms with van der Waals surface area (Å²) in [5.74, 6) is -0.565. The van der Waals surface area contributed by atoms with Gasteiger partial charge < -0.3 is 15.3 Å². The molecule has 2 unspecified atom stereocenters. The first-order valence-corrected chi connectivity index (χ1v) is 6.90. The number of carbonyl (C=O) groups is 1. The maximum absolute atomic E-state index is 10.5. The fraction of sp³-hybridized carbons (Fsp3) is 0.800.